The number of furan rings is 1. The fraction of sp³-hybridized carbons (Fsp3) is 0. The molecule has 0 atom stereocenters. The maximum atomic E-state index is 6.65. The highest BCUT2D eigenvalue weighted by molar-refractivity contribution is 6.36. The Hall–Kier alpha value is -5.11. The normalized spacial score (nSPS) is 11.9. The maximum Gasteiger partial charge on any atom is 0.136 e. The van der Waals surface area contributed by atoms with E-state index in [1.807, 2.05) is 18.2 Å². The Morgan fingerprint density at radius 1 is 0.333 bits per heavy atom. The molecule has 0 fully saturated rings. The Balaban J connectivity index is 1.44. The van der Waals surface area contributed by atoms with Crippen LogP contribution in [0, 0.1) is 0 Å². The first-order valence-corrected chi connectivity index (χ1v) is 14.6. The molecule has 42 heavy (non-hydrogen) atoms. The van der Waals surface area contributed by atoms with Gasteiger partial charge in [-0.1, -0.05) is 121 Å². The fourth-order valence-electron chi connectivity index (χ4n) is 6.89. The molecule has 9 rings (SSSR count). The lowest BCUT2D eigenvalue weighted by molar-refractivity contribution is 0.669. The van der Waals surface area contributed by atoms with Crippen molar-refractivity contribution in [2.75, 3.05) is 0 Å². The summed E-state index contributed by atoms with van der Waals surface area (Å²) in [6.45, 7) is 0. The van der Waals surface area contributed by atoms with E-state index in [0.29, 0.717) is 0 Å². The molecule has 1 aromatic heterocycles. The molecule has 0 radical (unpaired) electrons. The standard InChI is InChI=1S/C40H23ClO/c41-37-21-20-29(24-10-5-6-15-30(24)37)33-22-35-28-14-4-2-12-26(28)34(23-36(35)27-13-3-1-11-25(27)33)31-17-9-19-39-40(31)32-16-7-8-18-38(32)42-39/h1-23H. The van der Waals surface area contributed by atoms with E-state index in [-0.39, 0.29) is 0 Å². The van der Waals surface area contributed by atoms with Crippen LogP contribution in [0.25, 0.3) is 87.3 Å². The second-order valence-electron chi connectivity index (χ2n) is 11.0. The fourth-order valence-corrected chi connectivity index (χ4v) is 7.12. The van der Waals surface area contributed by atoms with Crippen LogP contribution in [-0.4, -0.2) is 0 Å². The molecule has 2 heteroatoms. The average molecular weight is 555 g/mol. The lowest BCUT2D eigenvalue weighted by atomic mass is 9.86. The van der Waals surface area contributed by atoms with Crippen molar-refractivity contribution in [3.05, 3.63) is 145 Å². The highest BCUT2D eigenvalue weighted by Gasteiger charge is 2.18. The first kappa shape index (κ1) is 23.6. The van der Waals surface area contributed by atoms with E-state index < -0.39 is 0 Å². The Labute approximate surface area is 247 Å². The molecular formula is C40H23ClO. The van der Waals surface area contributed by atoms with Gasteiger partial charge in [0.05, 0.1) is 0 Å². The van der Waals surface area contributed by atoms with Crippen LogP contribution >= 0.6 is 11.6 Å². The molecule has 0 saturated heterocycles. The van der Waals surface area contributed by atoms with Crippen LogP contribution in [0.3, 0.4) is 0 Å². The van der Waals surface area contributed by atoms with Gasteiger partial charge >= 0.3 is 0 Å². The molecular weight excluding hydrogens is 532 g/mol. The maximum absolute atomic E-state index is 6.65. The minimum absolute atomic E-state index is 0.774. The third kappa shape index (κ3) is 3.32. The van der Waals surface area contributed by atoms with Crippen LogP contribution in [-0.2, 0) is 0 Å². The third-order valence-electron chi connectivity index (χ3n) is 8.74. The third-order valence-corrected chi connectivity index (χ3v) is 9.07. The predicted octanol–water partition coefficient (Wildman–Crippen LogP) is 12.2. The molecule has 0 spiro atoms. The van der Waals surface area contributed by atoms with Gasteiger partial charge < -0.3 is 4.42 Å². The summed E-state index contributed by atoms with van der Waals surface area (Å²) in [5.74, 6) is 0. The summed E-state index contributed by atoms with van der Waals surface area (Å²) in [5.41, 5.74) is 6.63. The van der Waals surface area contributed by atoms with Gasteiger partial charge in [0, 0.05) is 21.2 Å². The minimum Gasteiger partial charge on any atom is -0.456 e. The smallest absolute Gasteiger partial charge is 0.136 e. The number of rotatable bonds is 2. The van der Waals surface area contributed by atoms with Crippen LogP contribution in [0.5, 0.6) is 0 Å². The van der Waals surface area contributed by atoms with Gasteiger partial charge in [0.2, 0.25) is 0 Å². The summed E-state index contributed by atoms with van der Waals surface area (Å²) in [6.07, 6.45) is 0. The summed E-state index contributed by atoms with van der Waals surface area (Å²) in [6, 6.07) is 49.7. The Morgan fingerprint density at radius 2 is 0.833 bits per heavy atom. The van der Waals surface area contributed by atoms with E-state index in [2.05, 4.69) is 121 Å². The number of halogens is 1. The summed E-state index contributed by atoms with van der Waals surface area (Å²) < 4.78 is 6.28. The van der Waals surface area contributed by atoms with Crippen molar-refractivity contribution < 1.29 is 4.42 Å². The molecule has 8 aromatic carbocycles. The van der Waals surface area contributed by atoms with E-state index in [4.69, 9.17) is 16.0 Å². The first-order chi connectivity index (χ1) is 20.8. The quantitative estimate of drug-likeness (QED) is 0.194. The van der Waals surface area contributed by atoms with Crippen LogP contribution in [0.4, 0.5) is 0 Å². The molecule has 1 nitrogen and oxygen atoms in total. The van der Waals surface area contributed by atoms with E-state index in [1.165, 1.54) is 54.6 Å². The summed E-state index contributed by atoms with van der Waals surface area (Å²) in [5, 5.41) is 12.7. The lowest BCUT2D eigenvalue weighted by Gasteiger charge is -2.17. The van der Waals surface area contributed by atoms with Gasteiger partial charge in [0.1, 0.15) is 11.2 Å². The molecule has 0 aliphatic carbocycles. The molecule has 0 saturated carbocycles. The molecule has 0 aliphatic heterocycles. The molecule has 0 bridgehead atoms. The van der Waals surface area contributed by atoms with Crippen LogP contribution in [0.2, 0.25) is 5.02 Å². The Kier molecular flexibility index (Phi) is 5.02. The number of benzene rings is 8. The van der Waals surface area contributed by atoms with E-state index in [9.17, 15) is 0 Å². The van der Waals surface area contributed by atoms with Gasteiger partial charge in [-0.15, -0.1) is 0 Å². The van der Waals surface area contributed by atoms with Gasteiger partial charge in [0.25, 0.3) is 0 Å². The molecule has 0 N–H and O–H groups in total. The molecule has 1 heterocycles. The van der Waals surface area contributed by atoms with Crippen LogP contribution < -0.4 is 0 Å². The summed E-state index contributed by atoms with van der Waals surface area (Å²) in [7, 11) is 0. The van der Waals surface area contributed by atoms with Crippen LogP contribution in [0.15, 0.2) is 144 Å². The van der Waals surface area contributed by atoms with Crippen molar-refractivity contribution in [3.63, 3.8) is 0 Å². The Bertz CT molecular complexity index is 2540. The van der Waals surface area contributed by atoms with Crippen molar-refractivity contribution in [3.8, 4) is 22.3 Å². The molecule has 0 amide bonds. The number of fused-ring (bicyclic) bond motifs is 9. The van der Waals surface area contributed by atoms with E-state index in [1.54, 1.807) is 0 Å². The minimum atomic E-state index is 0.774. The van der Waals surface area contributed by atoms with Crippen molar-refractivity contribution in [2.45, 2.75) is 0 Å². The van der Waals surface area contributed by atoms with Crippen molar-refractivity contribution in [1.82, 2.24) is 0 Å². The lowest BCUT2D eigenvalue weighted by Crippen LogP contribution is -1.90. The largest absolute Gasteiger partial charge is 0.456 e. The van der Waals surface area contributed by atoms with E-state index in [0.717, 1.165) is 37.7 Å². The van der Waals surface area contributed by atoms with Gasteiger partial charge in [-0.3, -0.25) is 0 Å². The summed E-state index contributed by atoms with van der Waals surface area (Å²) in [4.78, 5) is 0. The Morgan fingerprint density at radius 3 is 1.50 bits per heavy atom. The van der Waals surface area contributed by atoms with Gasteiger partial charge in [0.15, 0.2) is 0 Å². The second kappa shape index (κ2) is 8.94. The van der Waals surface area contributed by atoms with Crippen molar-refractivity contribution >= 4 is 76.6 Å². The molecule has 196 valence electrons. The number of hydrogen-bond donors (Lipinski definition) is 0. The monoisotopic (exact) mass is 554 g/mol. The number of hydrogen-bond acceptors (Lipinski definition) is 1. The van der Waals surface area contributed by atoms with Gasteiger partial charge in [-0.25, -0.2) is 0 Å². The zero-order valence-electron chi connectivity index (χ0n) is 22.6. The highest BCUT2D eigenvalue weighted by atomic mass is 35.5. The SMILES string of the molecule is Clc1ccc(-c2cc3c4ccccc4c(-c4cccc5oc6ccccc6c45)cc3c3ccccc23)c2ccccc12. The molecule has 9 aromatic rings. The predicted molar refractivity (Wildman–Crippen MR) is 180 cm³/mol. The zero-order chi connectivity index (χ0) is 27.8. The van der Waals surface area contributed by atoms with Crippen molar-refractivity contribution in [1.29, 1.82) is 0 Å². The second-order valence-corrected chi connectivity index (χ2v) is 11.4. The number of para-hydroxylation sites is 1. The zero-order valence-corrected chi connectivity index (χ0v) is 23.3. The average Bonchev–Trinajstić information content (AvgIpc) is 3.44. The topological polar surface area (TPSA) is 13.1 Å². The van der Waals surface area contributed by atoms with Crippen LogP contribution in [0.1, 0.15) is 0 Å². The van der Waals surface area contributed by atoms with Crippen molar-refractivity contribution in [2.24, 2.45) is 0 Å². The van der Waals surface area contributed by atoms with Gasteiger partial charge in [-0.2, -0.15) is 0 Å². The molecule has 0 unspecified atom stereocenters. The van der Waals surface area contributed by atoms with E-state index >= 15 is 0 Å². The summed E-state index contributed by atoms with van der Waals surface area (Å²) >= 11 is 6.65. The molecule has 0 aliphatic rings. The van der Waals surface area contributed by atoms with Gasteiger partial charge in [-0.05, 0) is 90.3 Å². The first-order valence-electron chi connectivity index (χ1n) is 14.2. The highest BCUT2D eigenvalue weighted by Crippen LogP contribution is 2.45.